The van der Waals surface area contributed by atoms with Crippen LogP contribution in [-0.2, 0) is 6.42 Å². The van der Waals surface area contributed by atoms with Gasteiger partial charge in [-0.05, 0) is 18.8 Å². The number of nitrogens with one attached hydrogen (secondary N) is 1. The van der Waals surface area contributed by atoms with Crippen molar-refractivity contribution >= 4 is 5.69 Å². The first kappa shape index (κ1) is 11.3. The Morgan fingerprint density at radius 2 is 2.06 bits per heavy atom. The van der Waals surface area contributed by atoms with E-state index in [0.717, 1.165) is 18.9 Å². The van der Waals surface area contributed by atoms with E-state index in [9.17, 15) is 13.2 Å². The molecule has 1 nitrogen and oxygen atoms in total. The summed E-state index contributed by atoms with van der Waals surface area (Å²) in [4.78, 5) is 0. The van der Waals surface area contributed by atoms with Crippen molar-refractivity contribution in [3.8, 4) is 0 Å². The molecule has 2 rings (SSSR count). The van der Waals surface area contributed by atoms with Crippen molar-refractivity contribution in [2.24, 2.45) is 5.92 Å². The van der Waals surface area contributed by atoms with Gasteiger partial charge in [-0.15, -0.1) is 0 Å². The summed E-state index contributed by atoms with van der Waals surface area (Å²) in [6.45, 7) is 2.75. The molecule has 88 valence electrons. The Morgan fingerprint density at radius 1 is 1.31 bits per heavy atom. The van der Waals surface area contributed by atoms with Crippen LogP contribution >= 0.6 is 0 Å². The molecule has 1 aliphatic rings. The second-order valence-electron chi connectivity index (χ2n) is 4.25. The number of fused-ring (bicyclic) bond motifs is 1. The van der Waals surface area contributed by atoms with Gasteiger partial charge in [-0.2, -0.15) is 0 Å². The Bertz CT molecular complexity index is 404. The predicted octanol–water partition coefficient (Wildman–Crippen LogP) is 3.49. The van der Waals surface area contributed by atoms with Gasteiger partial charge in [-0.3, -0.25) is 0 Å². The Balaban J connectivity index is 2.34. The number of hydrogen-bond acceptors (Lipinski definition) is 1. The highest BCUT2D eigenvalue weighted by Gasteiger charge is 2.24. The maximum absolute atomic E-state index is 13.5. The van der Waals surface area contributed by atoms with Crippen LogP contribution in [0, 0.1) is 23.4 Å². The molecule has 1 heterocycles. The predicted molar refractivity (Wildman–Crippen MR) is 56.9 cm³/mol. The molecule has 0 spiro atoms. The van der Waals surface area contributed by atoms with Crippen molar-refractivity contribution in [1.29, 1.82) is 0 Å². The lowest BCUT2D eigenvalue weighted by Crippen LogP contribution is -2.24. The monoisotopic (exact) mass is 229 g/mol. The highest BCUT2D eigenvalue weighted by Crippen LogP contribution is 2.31. The van der Waals surface area contributed by atoms with Crippen LogP contribution in [0.5, 0.6) is 0 Å². The number of rotatable bonds is 2. The van der Waals surface area contributed by atoms with E-state index < -0.39 is 17.5 Å². The zero-order valence-electron chi connectivity index (χ0n) is 9.12. The lowest BCUT2D eigenvalue weighted by molar-refractivity contribution is 0.422. The van der Waals surface area contributed by atoms with E-state index in [1.807, 2.05) is 0 Å². The van der Waals surface area contributed by atoms with Crippen LogP contribution < -0.4 is 5.32 Å². The molecule has 1 unspecified atom stereocenters. The van der Waals surface area contributed by atoms with Gasteiger partial charge in [0.25, 0.3) is 0 Å². The molecule has 0 amide bonds. The fraction of sp³-hybridized carbons (Fsp3) is 0.500. The van der Waals surface area contributed by atoms with Gasteiger partial charge in [0.05, 0.1) is 0 Å². The molecule has 1 aromatic carbocycles. The van der Waals surface area contributed by atoms with Crippen molar-refractivity contribution < 1.29 is 13.2 Å². The zero-order chi connectivity index (χ0) is 11.7. The standard InChI is InChI=1S/C12H14F3N/c1-2-3-7-4-8-10(16-6-7)5-9(13)12(15)11(8)14/h5,7,16H,2-4,6H2,1H3. The van der Waals surface area contributed by atoms with Gasteiger partial charge in [0.15, 0.2) is 17.5 Å². The largest absolute Gasteiger partial charge is 0.384 e. The SMILES string of the molecule is CCCC1CNc2cc(F)c(F)c(F)c2C1. The highest BCUT2D eigenvalue weighted by atomic mass is 19.2. The molecule has 0 radical (unpaired) electrons. The van der Waals surface area contributed by atoms with Crippen molar-refractivity contribution in [3.05, 3.63) is 29.1 Å². The quantitative estimate of drug-likeness (QED) is 0.765. The van der Waals surface area contributed by atoms with Gasteiger partial charge in [0, 0.05) is 23.9 Å². The molecule has 0 fully saturated rings. The van der Waals surface area contributed by atoms with E-state index in [4.69, 9.17) is 0 Å². The topological polar surface area (TPSA) is 12.0 Å². The Kier molecular flexibility index (Phi) is 3.08. The van der Waals surface area contributed by atoms with Gasteiger partial charge in [0.1, 0.15) is 0 Å². The van der Waals surface area contributed by atoms with Gasteiger partial charge in [-0.25, -0.2) is 13.2 Å². The van der Waals surface area contributed by atoms with Crippen molar-refractivity contribution in [2.75, 3.05) is 11.9 Å². The first-order chi connectivity index (χ1) is 7.63. The van der Waals surface area contributed by atoms with E-state index in [2.05, 4.69) is 12.2 Å². The minimum absolute atomic E-state index is 0.281. The summed E-state index contributed by atoms with van der Waals surface area (Å²) in [5.41, 5.74) is 0.673. The van der Waals surface area contributed by atoms with Crippen LogP contribution in [0.1, 0.15) is 25.3 Å². The minimum atomic E-state index is -1.36. The van der Waals surface area contributed by atoms with Crippen LogP contribution in [0.15, 0.2) is 6.07 Å². The highest BCUT2D eigenvalue weighted by molar-refractivity contribution is 5.54. The lowest BCUT2D eigenvalue weighted by atomic mass is 9.90. The lowest BCUT2D eigenvalue weighted by Gasteiger charge is -2.26. The van der Waals surface area contributed by atoms with E-state index in [1.165, 1.54) is 0 Å². The van der Waals surface area contributed by atoms with Crippen molar-refractivity contribution in [3.63, 3.8) is 0 Å². The average molecular weight is 229 g/mol. The molecule has 1 aliphatic heterocycles. The minimum Gasteiger partial charge on any atom is -0.384 e. The molecule has 1 atom stereocenters. The third-order valence-electron chi connectivity index (χ3n) is 3.03. The summed E-state index contributed by atoms with van der Waals surface area (Å²) < 4.78 is 39.5. The summed E-state index contributed by atoms with van der Waals surface area (Å²) in [5, 5.41) is 2.96. The molecular weight excluding hydrogens is 215 g/mol. The Labute approximate surface area is 92.7 Å². The summed E-state index contributed by atoms with van der Waals surface area (Å²) >= 11 is 0. The number of benzene rings is 1. The van der Waals surface area contributed by atoms with Crippen LogP contribution in [0.25, 0.3) is 0 Å². The number of halogens is 3. The summed E-state index contributed by atoms with van der Waals surface area (Å²) in [7, 11) is 0. The summed E-state index contributed by atoms with van der Waals surface area (Å²) in [5.74, 6) is -3.23. The molecule has 16 heavy (non-hydrogen) atoms. The normalized spacial score (nSPS) is 19.1. The molecule has 1 aromatic rings. The maximum atomic E-state index is 13.5. The Hall–Kier alpha value is -1.19. The molecule has 1 N–H and O–H groups in total. The fourth-order valence-electron chi connectivity index (χ4n) is 2.22. The van der Waals surface area contributed by atoms with Crippen LogP contribution in [0.2, 0.25) is 0 Å². The van der Waals surface area contributed by atoms with Crippen LogP contribution in [0.3, 0.4) is 0 Å². The molecule has 0 aliphatic carbocycles. The molecule has 0 saturated heterocycles. The first-order valence-corrected chi connectivity index (χ1v) is 5.53. The summed E-state index contributed by atoms with van der Waals surface area (Å²) in [6, 6.07) is 1.04. The van der Waals surface area contributed by atoms with Crippen LogP contribution in [0.4, 0.5) is 18.9 Å². The van der Waals surface area contributed by atoms with E-state index in [0.29, 0.717) is 24.6 Å². The van der Waals surface area contributed by atoms with Gasteiger partial charge in [-0.1, -0.05) is 13.3 Å². The van der Waals surface area contributed by atoms with Gasteiger partial charge in [0.2, 0.25) is 0 Å². The van der Waals surface area contributed by atoms with E-state index >= 15 is 0 Å². The fourth-order valence-corrected chi connectivity index (χ4v) is 2.22. The smallest absolute Gasteiger partial charge is 0.194 e. The molecule has 0 saturated carbocycles. The Morgan fingerprint density at radius 3 is 2.75 bits per heavy atom. The number of anilines is 1. The zero-order valence-corrected chi connectivity index (χ0v) is 9.12. The van der Waals surface area contributed by atoms with Gasteiger partial charge < -0.3 is 5.32 Å². The maximum Gasteiger partial charge on any atom is 0.194 e. The second kappa shape index (κ2) is 4.36. The van der Waals surface area contributed by atoms with Crippen LogP contribution in [-0.4, -0.2) is 6.54 Å². The third-order valence-corrected chi connectivity index (χ3v) is 3.03. The molecule has 4 heteroatoms. The first-order valence-electron chi connectivity index (χ1n) is 5.53. The van der Waals surface area contributed by atoms with Crippen molar-refractivity contribution in [2.45, 2.75) is 26.2 Å². The summed E-state index contributed by atoms with van der Waals surface area (Å²) in [6.07, 6.45) is 2.46. The number of hydrogen-bond donors (Lipinski definition) is 1. The van der Waals surface area contributed by atoms with E-state index in [-0.39, 0.29) is 5.56 Å². The van der Waals surface area contributed by atoms with Gasteiger partial charge >= 0.3 is 0 Å². The molecule has 0 bridgehead atoms. The molecular formula is C12H14F3N. The molecule has 0 aromatic heterocycles. The van der Waals surface area contributed by atoms with Crippen molar-refractivity contribution in [1.82, 2.24) is 0 Å². The average Bonchev–Trinajstić information content (AvgIpc) is 2.28. The second-order valence-corrected chi connectivity index (χ2v) is 4.25. The third kappa shape index (κ3) is 1.88. The van der Waals surface area contributed by atoms with E-state index in [1.54, 1.807) is 0 Å².